The molecule has 0 saturated heterocycles. The molecule has 4 aromatic rings. The second kappa shape index (κ2) is 11.2. The van der Waals surface area contributed by atoms with Gasteiger partial charge in [-0.05, 0) is 55.3 Å². The van der Waals surface area contributed by atoms with Crippen LogP contribution in [0.1, 0.15) is 34.2 Å². The Morgan fingerprint density at radius 2 is 1.71 bits per heavy atom. The van der Waals surface area contributed by atoms with Crippen LogP contribution in [0.2, 0.25) is 5.02 Å². The summed E-state index contributed by atoms with van der Waals surface area (Å²) in [5, 5.41) is 5.65. The number of benzene rings is 3. The van der Waals surface area contributed by atoms with Crippen LogP contribution in [0.25, 0.3) is 16.7 Å². The van der Waals surface area contributed by atoms with Crippen molar-refractivity contribution in [2.75, 3.05) is 13.6 Å². The summed E-state index contributed by atoms with van der Waals surface area (Å²) in [6, 6.07) is 16.6. The van der Waals surface area contributed by atoms with E-state index in [9.17, 15) is 18.0 Å². The normalized spacial score (nSPS) is 11.4. The first-order valence-corrected chi connectivity index (χ1v) is 13.9. The number of imidazole rings is 1. The highest BCUT2D eigenvalue weighted by atomic mass is 35.5. The molecule has 1 aromatic heterocycles. The number of carbonyl (C=O) groups is 2. The van der Waals surface area contributed by atoms with Gasteiger partial charge in [0, 0.05) is 30.7 Å². The number of urea groups is 1. The number of amides is 3. The molecule has 38 heavy (non-hydrogen) atoms. The van der Waals surface area contributed by atoms with E-state index >= 15 is 0 Å². The Labute approximate surface area is 226 Å². The first kappa shape index (κ1) is 27.2. The number of halogens is 1. The maximum atomic E-state index is 12.4. The van der Waals surface area contributed by atoms with E-state index in [4.69, 9.17) is 16.6 Å². The van der Waals surface area contributed by atoms with Crippen LogP contribution in [0.15, 0.2) is 65.6 Å². The van der Waals surface area contributed by atoms with Crippen molar-refractivity contribution in [3.05, 3.63) is 88.2 Å². The van der Waals surface area contributed by atoms with Crippen molar-refractivity contribution < 1.29 is 18.0 Å². The Hall–Kier alpha value is -3.89. The predicted molar refractivity (Wildman–Crippen MR) is 147 cm³/mol. The summed E-state index contributed by atoms with van der Waals surface area (Å²) in [4.78, 5) is 29.3. The minimum absolute atomic E-state index is 0.0241. The van der Waals surface area contributed by atoms with Crippen LogP contribution in [-0.4, -0.2) is 43.5 Å². The Balaban J connectivity index is 1.45. The Bertz CT molecular complexity index is 1600. The molecule has 0 saturated carbocycles. The monoisotopic (exact) mass is 553 g/mol. The molecule has 1 heterocycles. The van der Waals surface area contributed by atoms with E-state index in [1.807, 2.05) is 47.4 Å². The molecular formula is C27H28ClN5O4S. The SMILES string of the molecule is CCc1nc2c(C(=O)NC)cc(Cl)cc2n1-c1ccc(CCNC(=O)NS(=O)(=O)c2ccc(C)cc2)cc1. The molecule has 0 aliphatic rings. The van der Waals surface area contributed by atoms with Crippen molar-refractivity contribution in [2.45, 2.75) is 31.6 Å². The van der Waals surface area contributed by atoms with Crippen LogP contribution in [-0.2, 0) is 22.9 Å². The van der Waals surface area contributed by atoms with Gasteiger partial charge in [0.1, 0.15) is 11.3 Å². The van der Waals surface area contributed by atoms with Crippen molar-refractivity contribution >= 4 is 44.6 Å². The minimum Gasteiger partial charge on any atom is -0.355 e. The van der Waals surface area contributed by atoms with Crippen LogP contribution >= 0.6 is 11.6 Å². The maximum absolute atomic E-state index is 12.4. The summed E-state index contributed by atoms with van der Waals surface area (Å²) in [6.45, 7) is 4.08. The fourth-order valence-electron chi connectivity index (χ4n) is 4.09. The molecule has 0 spiro atoms. The van der Waals surface area contributed by atoms with Crippen molar-refractivity contribution in [3.8, 4) is 5.69 Å². The molecular weight excluding hydrogens is 526 g/mol. The summed E-state index contributed by atoms with van der Waals surface area (Å²) in [6.07, 6.45) is 1.14. The molecule has 0 bridgehead atoms. The third-order valence-corrected chi connectivity index (χ3v) is 7.60. The molecule has 198 valence electrons. The van der Waals surface area contributed by atoms with Gasteiger partial charge >= 0.3 is 6.03 Å². The number of aryl methyl sites for hydroxylation is 2. The smallest absolute Gasteiger partial charge is 0.328 e. The molecule has 0 fully saturated rings. The van der Waals surface area contributed by atoms with E-state index in [2.05, 4.69) is 10.6 Å². The van der Waals surface area contributed by atoms with Gasteiger partial charge in [-0.3, -0.25) is 9.36 Å². The zero-order valence-corrected chi connectivity index (χ0v) is 22.8. The van der Waals surface area contributed by atoms with Crippen LogP contribution in [0.4, 0.5) is 4.79 Å². The molecule has 3 N–H and O–H groups in total. The van der Waals surface area contributed by atoms with Gasteiger partial charge in [-0.15, -0.1) is 0 Å². The van der Waals surface area contributed by atoms with E-state index in [-0.39, 0.29) is 17.3 Å². The number of hydrogen-bond acceptors (Lipinski definition) is 5. The van der Waals surface area contributed by atoms with E-state index in [0.717, 1.165) is 28.2 Å². The van der Waals surface area contributed by atoms with E-state index in [0.29, 0.717) is 28.9 Å². The zero-order chi connectivity index (χ0) is 27.4. The second-order valence-electron chi connectivity index (χ2n) is 8.71. The van der Waals surface area contributed by atoms with Gasteiger partial charge in [-0.25, -0.2) is 22.9 Å². The van der Waals surface area contributed by atoms with Crippen molar-refractivity contribution in [2.24, 2.45) is 0 Å². The lowest BCUT2D eigenvalue weighted by Crippen LogP contribution is -2.40. The summed E-state index contributed by atoms with van der Waals surface area (Å²) in [7, 11) is -2.38. The van der Waals surface area contributed by atoms with Gasteiger partial charge in [0.05, 0.1) is 16.0 Å². The average Bonchev–Trinajstić information content (AvgIpc) is 3.26. The molecule has 0 aliphatic carbocycles. The Morgan fingerprint density at radius 3 is 2.34 bits per heavy atom. The largest absolute Gasteiger partial charge is 0.355 e. The summed E-state index contributed by atoms with van der Waals surface area (Å²) in [5.41, 5.74) is 4.44. The van der Waals surface area contributed by atoms with Crippen LogP contribution in [0, 0.1) is 6.92 Å². The molecule has 9 nitrogen and oxygen atoms in total. The zero-order valence-electron chi connectivity index (χ0n) is 21.2. The minimum atomic E-state index is -3.95. The molecule has 0 atom stereocenters. The van der Waals surface area contributed by atoms with E-state index in [1.165, 1.54) is 12.1 Å². The van der Waals surface area contributed by atoms with Crippen molar-refractivity contribution in [1.29, 1.82) is 0 Å². The van der Waals surface area contributed by atoms with E-state index < -0.39 is 16.1 Å². The highest BCUT2D eigenvalue weighted by Crippen LogP contribution is 2.28. The van der Waals surface area contributed by atoms with Gasteiger partial charge in [0.25, 0.3) is 15.9 Å². The van der Waals surface area contributed by atoms with Crippen LogP contribution < -0.4 is 15.4 Å². The third-order valence-electron chi connectivity index (χ3n) is 6.03. The number of fused-ring (bicyclic) bond motifs is 1. The standard InChI is InChI=1S/C27H28ClN5O4S/c1-4-24-31-25-22(26(34)29-3)15-19(28)16-23(25)33(24)20-9-7-18(8-10-20)13-14-30-27(35)32-38(36,37)21-11-5-17(2)6-12-21/h5-12,15-16H,4,13-14H2,1-3H3,(H,29,34)(H2,30,32,35). The number of sulfonamides is 1. The van der Waals surface area contributed by atoms with Crippen LogP contribution in [0.3, 0.4) is 0 Å². The fourth-order valence-corrected chi connectivity index (χ4v) is 5.23. The summed E-state index contributed by atoms with van der Waals surface area (Å²) >= 11 is 6.33. The van der Waals surface area contributed by atoms with E-state index in [1.54, 1.807) is 31.3 Å². The molecule has 0 aliphatic heterocycles. The van der Waals surface area contributed by atoms with Gasteiger partial charge in [0.15, 0.2) is 0 Å². The fraction of sp³-hybridized carbons (Fsp3) is 0.222. The quantitative estimate of drug-likeness (QED) is 0.303. The lowest BCUT2D eigenvalue weighted by atomic mass is 10.1. The average molecular weight is 554 g/mol. The molecule has 0 radical (unpaired) electrons. The molecule has 4 rings (SSSR count). The highest BCUT2D eigenvalue weighted by molar-refractivity contribution is 7.90. The van der Waals surface area contributed by atoms with Gasteiger partial charge < -0.3 is 10.6 Å². The Kier molecular flexibility index (Phi) is 8.03. The highest BCUT2D eigenvalue weighted by Gasteiger charge is 2.19. The molecule has 3 amide bonds. The molecule has 11 heteroatoms. The number of aromatic nitrogens is 2. The lowest BCUT2D eigenvalue weighted by molar-refractivity contribution is 0.0964. The number of nitrogens with one attached hydrogen (secondary N) is 3. The molecule has 0 unspecified atom stereocenters. The van der Waals surface area contributed by atoms with Crippen LogP contribution in [0.5, 0.6) is 0 Å². The number of carbonyl (C=O) groups excluding carboxylic acids is 2. The Morgan fingerprint density at radius 1 is 1.03 bits per heavy atom. The van der Waals surface area contributed by atoms with Gasteiger partial charge in [-0.2, -0.15) is 0 Å². The first-order valence-electron chi connectivity index (χ1n) is 12.0. The number of rotatable bonds is 8. The summed E-state index contributed by atoms with van der Waals surface area (Å²) < 4.78 is 28.7. The number of hydrogen-bond donors (Lipinski definition) is 3. The van der Waals surface area contributed by atoms with Gasteiger partial charge in [0.2, 0.25) is 0 Å². The predicted octanol–water partition coefficient (Wildman–Crippen LogP) is 4.14. The van der Waals surface area contributed by atoms with Crippen molar-refractivity contribution in [1.82, 2.24) is 24.9 Å². The van der Waals surface area contributed by atoms with Crippen molar-refractivity contribution in [3.63, 3.8) is 0 Å². The first-order chi connectivity index (χ1) is 18.1. The van der Waals surface area contributed by atoms with Gasteiger partial charge in [-0.1, -0.05) is 48.4 Å². The second-order valence-corrected chi connectivity index (χ2v) is 10.8. The lowest BCUT2D eigenvalue weighted by Gasteiger charge is -2.11. The molecule has 3 aromatic carbocycles. The third kappa shape index (κ3) is 5.81. The number of nitrogens with zero attached hydrogens (tertiary/aromatic N) is 2. The maximum Gasteiger partial charge on any atom is 0.328 e. The summed E-state index contributed by atoms with van der Waals surface area (Å²) in [5.74, 6) is 0.525. The topological polar surface area (TPSA) is 122 Å².